The van der Waals surface area contributed by atoms with Gasteiger partial charge in [0.1, 0.15) is 11.5 Å². The lowest BCUT2D eigenvalue weighted by Crippen LogP contribution is -2.33. The fourth-order valence-electron chi connectivity index (χ4n) is 3.07. The lowest BCUT2D eigenvalue weighted by atomic mass is 9.96. The van der Waals surface area contributed by atoms with Gasteiger partial charge in [0.25, 0.3) is 5.91 Å². The first-order valence-corrected chi connectivity index (χ1v) is 8.02. The molecule has 3 aromatic rings. The maximum Gasteiger partial charge on any atom is 0.267 e. The quantitative estimate of drug-likeness (QED) is 0.741. The number of halogens is 1. The maximum absolute atomic E-state index is 13.5. The number of aryl methyl sites for hydroxylation is 1. The molecule has 1 aliphatic rings. The number of hydrogen-bond acceptors (Lipinski definition) is 4. The van der Waals surface area contributed by atoms with Crippen LogP contribution in [0.4, 0.5) is 4.39 Å². The summed E-state index contributed by atoms with van der Waals surface area (Å²) in [5.74, 6) is 0.00952. The minimum Gasteiger partial charge on any atom is -0.350 e. The van der Waals surface area contributed by atoms with E-state index in [2.05, 4.69) is 25.9 Å². The number of aromatic amines is 1. The minimum absolute atomic E-state index is 0.153. The zero-order valence-corrected chi connectivity index (χ0v) is 13.7. The number of nitrogens with one attached hydrogen (secondary N) is 2. The fourth-order valence-corrected chi connectivity index (χ4v) is 3.07. The van der Waals surface area contributed by atoms with Crippen molar-refractivity contribution in [2.75, 3.05) is 6.54 Å². The van der Waals surface area contributed by atoms with E-state index in [0.29, 0.717) is 23.6 Å². The summed E-state index contributed by atoms with van der Waals surface area (Å²) in [4.78, 5) is 12.6. The second-order valence-corrected chi connectivity index (χ2v) is 6.43. The molecule has 0 radical (unpaired) electrons. The molecule has 0 unspecified atom stereocenters. The topological polar surface area (TPSA) is 88.5 Å². The molecule has 0 saturated heterocycles. The highest BCUT2D eigenvalue weighted by Crippen LogP contribution is 2.47. The number of hydrogen-bond donors (Lipinski definition) is 2. The van der Waals surface area contributed by atoms with E-state index >= 15 is 0 Å². The lowest BCUT2D eigenvalue weighted by molar-refractivity contribution is 0.0941. The summed E-state index contributed by atoms with van der Waals surface area (Å²) in [6, 6.07) is 8.33. The minimum atomic E-state index is -0.248. The van der Waals surface area contributed by atoms with Crippen molar-refractivity contribution in [2.45, 2.75) is 18.3 Å². The van der Waals surface area contributed by atoms with Crippen LogP contribution in [0.5, 0.6) is 0 Å². The molecule has 2 N–H and O–H groups in total. The van der Waals surface area contributed by atoms with E-state index in [1.807, 2.05) is 6.07 Å². The molecule has 4 rings (SSSR count). The highest BCUT2D eigenvalue weighted by atomic mass is 19.1. The zero-order valence-electron chi connectivity index (χ0n) is 13.7. The van der Waals surface area contributed by atoms with Gasteiger partial charge in [-0.3, -0.25) is 4.79 Å². The van der Waals surface area contributed by atoms with E-state index in [4.69, 9.17) is 0 Å². The summed E-state index contributed by atoms with van der Waals surface area (Å²) in [6.45, 7) is 0.484. The van der Waals surface area contributed by atoms with Crippen molar-refractivity contribution < 1.29 is 9.18 Å². The second kappa shape index (κ2) is 5.80. The molecule has 0 aliphatic heterocycles. The number of benzene rings is 1. The Balaban J connectivity index is 1.48. The zero-order chi connectivity index (χ0) is 17.4. The number of H-pyrrole nitrogens is 1. The largest absolute Gasteiger partial charge is 0.350 e. The summed E-state index contributed by atoms with van der Waals surface area (Å²) >= 11 is 0. The summed E-state index contributed by atoms with van der Waals surface area (Å²) in [6.07, 6.45) is 3.66. The average Bonchev–Trinajstić information content (AvgIpc) is 3.01. The molecule has 2 aromatic heterocycles. The van der Waals surface area contributed by atoms with Gasteiger partial charge in [0.2, 0.25) is 5.82 Å². The van der Waals surface area contributed by atoms with Crippen molar-refractivity contribution in [3.8, 4) is 11.4 Å². The van der Waals surface area contributed by atoms with Crippen molar-refractivity contribution in [3.05, 3.63) is 53.6 Å². The van der Waals surface area contributed by atoms with Crippen LogP contribution in [-0.4, -0.2) is 37.6 Å². The fraction of sp³-hybridized carbons (Fsp3) is 0.294. The Morgan fingerprint density at radius 3 is 2.92 bits per heavy atom. The van der Waals surface area contributed by atoms with E-state index < -0.39 is 0 Å². The number of tetrazole rings is 1. The van der Waals surface area contributed by atoms with E-state index in [1.54, 1.807) is 36.0 Å². The highest BCUT2D eigenvalue weighted by Gasteiger charge is 2.44. The van der Waals surface area contributed by atoms with Crippen LogP contribution in [0.3, 0.4) is 0 Å². The number of carbonyl (C=O) groups excluding carboxylic acids is 1. The summed E-state index contributed by atoms with van der Waals surface area (Å²) in [7, 11) is 1.79. The molecule has 128 valence electrons. The van der Waals surface area contributed by atoms with Crippen LogP contribution in [0.1, 0.15) is 28.9 Å². The van der Waals surface area contributed by atoms with Crippen molar-refractivity contribution in [1.29, 1.82) is 0 Å². The van der Waals surface area contributed by atoms with Crippen molar-refractivity contribution in [1.82, 2.24) is 30.5 Å². The molecule has 2 heterocycles. The Labute approximate surface area is 143 Å². The molecule has 0 spiro atoms. The van der Waals surface area contributed by atoms with Crippen LogP contribution < -0.4 is 5.32 Å². The van der Waals surface area contributed by atoms with E-state index in [0.717, 1.165) is 18.4 Å². The molecular weight excluding hydrogens is 323 g/mol. The van der Waals surface area contributed by atoms with Gasteiger partial charge < -0.3 is 9.88 Å². The normalized spacial score (nSPS) is 15.1. The van der Waals surface area contributed by atoms with E-state index in [1.165, 1.54) is 6.07 Å². The van der Waals surface area contributed by atoms with Crippen LogP contribution in [-0.2, 0) is 12.5 Å². The lowest BCUT2D eigenvalue weighted by Gasteiger charge is -2.17. The number of rotatable bonds is 5. The summed E-state index contributed by atoms with van der Waals surface area (Å²) < 4.78 is 15.2. The molecule has 7 nitrogen and oxygen atoms in total. The van der Waals surface area contributed by atoms with E-state index in [9.17, 15) is 9.18 Å². The van der Waals surface area contributed by atoms with Crippen LogP contribution >= 0.6 is 0 Å². The molecule has 0 bridgehead atoms. The van der Waals surface area contributed by atoms with Crippen LogP contribution in [0.2, 0.25) is 0 Å². The number of amides is 1. The van der Waals surface area contributed by atoms with Gasteiger partial charge in [-0.2, -0.15) is 5.21 Å². The van der Waals surface area contributed by atoms with Gasteiger partial charge in [0.15, 0.2) is 0 Å². The van der Waals surface area contributed by atoms with Gasteiger partial charge in [-0.15, -0.1) is 10.2 Å². The number of carbonyl (C=O) groups is 1. The predicted molar refractivity (Wildman–Crippen MR) is 88.2 cm³/mol. The third-order valence-electron chi connectivity index (χ3n) is 4.72. The van der Waals surface area contributed by atoms with Crippen molar-refractivity contribution >= 4 is 5.91 Å². The first-order chi connectivity index (χ1) is 12.1. The van der Waals surface area contributed by atoms with E-state index in [-0.39, 0.29) is 17.1 Å². The van der Waals surface area contributed by atoms with Gasteiger partial charge in [-0.05, 0) is 41.8 Å². The van der Waals surface area contributed by atoms with Crippen molar-refractivity contribution in [3.63, 3.8) is 0 Å². The van der Waals surface area contributed by atoms with Crippen LogP contribution in [0, 0.1) is 5.82 Å². The van der Waals surface area contributed by atoms with Gasteiger partial charge in [0, 0.05) is 30.8 Å². The first-order valence-electron chi connectivity index (χ1n) is 8.02. The number of aromatic nitrogens is 5. The Morgan fingerprint density at radius 1 is 1.40 bits per heavy atom. The second-order valence-electron chi connectivity index (χ2n) is 6.43. The Kier molecular flexibility index (Phi) is 3.60. The van der Waals surface area contributed by atoms with Gasteiger partial charge in [-0.25, -0.2) is 4.39 Å². The Morgan fingerprint density at radius 2 is 2.24 bits per heavy atom. The SMILES string of the molecule is Cn1cc(-c2nn[nH]n2)cc1C(=O)NCC1(c2cccc(F)c2)CC1. The molecule has 1 saturated carbocycles. The molecule has 0 atom stereocenters. The van der Waals surface area contributed by atoms with Gasteiger partial charge in [0.05, 0.1) is 0 Å². The third-order valence-corrected chi connectivity index (χ3v) is 4.72. The third kappa shape index (κ3) is 2.90. The van der Waals surface area contributed by atoms with Crippen molar-refractivity contribution in [2.24, 2.45) is 7.05 Å². The molecule has 25 heavy (non-hydrogen) atoms. The van der Waals surface area contributed by atoms with Crippen LogP contribution in [0.15, 0.2) is 36.5 Å². The highest BCUT2D eigenvalue weighted by molar-refractivity contribution is 5.94. The molecule has 8 heteroatoms. The molecule has 1 fully saturated rings. The van der Waals surface area contributed by atoms with Gasteiger partial charge in [-0.1, -0.05) is 12.1 Å². The smallest absolute Gasteiger partial charge is 0.267 e. The monoisotopic (exact) mass is 340 g/mol. The molecule has 1 aromatic carbocycles. The Hall–Kier alpha value is -3.03. The molecular formula is C17H17FN6O. The molecule has 1 aliphatic carbocycles. The van der Waals surface area contributed by atoms with Gasteiger partial charge >= 0.3 is 0 Å². The predicted octanol–water partition coefficient (Wildman–Crippen LogP) is 1.81. The molecule has 1 amide bonds. The number of nitrogens with zero attached hydrogens (tertiary/aromatic N) is 4. The maximum atomic E-state index is 13.5. The Bertz CT molecular complexity index is 913. The summed E-state index contributed by atoms with van der Waals surface area (Å²) in [5.41, 5.74) is 2.01. The average molecular weight is 340 g/mol. The standard InChI is InChI=1S/C17H17FN6O/c1-24-9-11(15-20-22-23-21-15)7-14(24)16(25)19-10-17(5-6-17)12-3-2-4-13(18)8-12/h2-4,7-9H,5-6,10H2,1H3,(H,19,25)(H,20,21,22,23). The summed E-state index contributed by atoms with van der Waals surface area (Å²) in [5, 5.41) is 16.7. The first kappa shape index (κ1) is 15.5. The van der Waals surface area contributed by atoms with Crippen LogP contribution in [0.25, 0.3) is 11.4 Å².